The molecule has 6 heterocycles. The van der Waals surface area contributed by atoms with Gasteiger partial charge in [0.1, 0.15) is 102 Å². The van der Waals surface area contributed by atoms with Crippen molar-refractivity contribution in [3.05, 3.63) is 117 Å². The molecule has 0 radical (unpaired) electrons. The molecule has 11 rings (SSSR count). The van der Waals surface area contributed by atoms with Crippen LogP contribution in [-0.4, -0.2) is 169 Å². The van der Waals surface area contributed by atoms with Gasteiger partial charge >= 0.3 is 0 Å². The van der Waals surface area contributed by atoms with Gasteiger partial charge in [-0.15, -0.1) is 0 Å². The normalized spacial score (nSPS) is 26.2. The molecule has 0 aromatic heterocycles. The van der Waals surface area contributed by atoms with Crippen LogP contribution in [0.1, 0.15) is 108 Å². The number of rotatable bonds is 11. The molecule has 1 saturated heterocycles. The number of nitrogens with two attached hydrogens (primary N) is 1. The van der Waals surface area contributed by atoms with Crippen LogP contribution in [0, 0.1) is 26.7 Å². The number of hydrogen-bond donors (Lipinski definition) is 15. The summed E-state index contributed by atoms with van der Waals surface area (Å²) in [7, 11) is 3.28. The molecular formula is C64H74N8O20. The second kappa shape index (κ2) is 27.2. The Kier molecular flexibility index (Phi) is 19.8. The van der Waals surface area contributed by atoms with E-state index in [4.69, 9.17) is 24.7 Å². The monoisotopic (exact) mass is 1270 g/mol. The molecule has 5 aromatic carbocycles. The number of benzene rings is 5. The first-order chi connectivity index (χ1) is 43.5. The predicted octanol–water partition coefficient (Wildman–Crippen LogP) is 1.01. The molecule has 1 fully saturated rings. The molecule has 6 aliphatic heterocycles. The van der Waals surface area contributed by atoms with E-state index in [1.807, 2.05) is 13.8 Å². The zero-order valence-corrected chi connectivity index (χ0v) is 51.3. The van der Waals surface area contributed by atoms with E-state index < -0.39 is 174 Å². The minimum absolute atomic E-state index is 0.0198. The zero-order valence-electron chi connectivity index (χ0n) is 51.3. The van der Waals surface area contributed by atoms with Gasteiger partial charge in [-0.3, -0.25) is 38.5 Å². The molecule has 0 saturated carbocycles. The molecule has 11 bridgehead atoms. The van der Waals surface area contributed by atoms with Crippen molar-refractivity contribution in [2.75, 3.05) is 20.7 Å². The molecule has 92 heavy (non-hydrogen) atoms. The van der Waals surface area contributed by atoms with E-state index in [9.17, 15) is 64.8 Å². The Hall–Kier alpha value is -9.42. The van der Waals surface area contributed by atoms with E-state index >= 15 is 14.4 Å². The predicted molar refractivity (Wildman–Crippen MR) is 324 cm³/mol. The molecule has 14 atom stereocenters. The lowest BCUT2D eigenvalue weighted by Gasteiger charge is -2.39. The third-order valence-corrected chi connectivity index (χ3v) is 16.8. The van der Waals surface area contributed by atoms with E-state index in [0.29, 0.717) is 23.8 Å². The molecule has 7 amide bonds. The molecule has 5 aromatic rings. The average molecular weight is 1280 g/mol. The van der Waals surface area contributed by atoms with Crippen LogP contribution in [-0.2, 0) is 43.1 Å². The van der Waals surface area contributed by atoms with Gasteiger partial charge in [0.25, 0.3) is 0 Å². The third kappa shape index (κ3) is 13.6. The second-order valence-electron chi connectivity index (χ2n) is 24.1. The summed E-state index contributed by atoms with van der Waals surface area (Å²) in [6, 6.07) is 3.44. The Morgan fingerprint density at radius 3 is 1.89 bits per heavy atom. The fourth-order valence-electron chi connectivity index (χ4n) is 11.6. The van der Waals surface area contributed by atoms with Crippen molar-refractivity contribution >= 4 is 47.6 Å². The molecule has 28 heteroatoms. The number of primary amides is 1. The zero-order chi connectivity index (χ0) is 67.1. The first-order valence-electron chi connectivity index (χ1n) is 29.5. The van der Waals surface area contributed by atoms with Crippen molar-refractivity contribution in [1.82, 2.24) is 36.8 Å². The summed E-state index contributed by atoms with van der Waals surface area (Å²) >= 11 is 0. The van der Waals surface area contributed by atoms with Crippen molar-refractivity contribution < 1.29 is 98.2 Å². The summed E-state index contributed by atoms with van der Waals surface area (Å²) < 4.78 is 25.6. The standard InChI is InChI=1S/C64H74N8O20/c1-25(2)15-38(72(7)8)59(84)71-51-53(79)32-11-14-42(27(4)17-32)90-44-20-33-19-43(57(44)92-64-56(82)55(81)54(80)45(24-74)91-64)89-41-13-10-30(16-26(41)3)28(5)48-60(85)67-37(23-73)34-21-40(76)29(6)52(78)47(34)35-18-31(9-12-39(35)75)49(61(86)68-48)70-62(87)50(33)69-58(83)36(22-46(65)77)66-63(51)88/h9-14,16-21,23,25,28,36-38,45,48-51,53-56,64,74-76,78-82H,15,22,24H2,1-8H3,(H2,65,77)(H,66,88)(H,67,85)(H,68,86)(H,69,83)(H,70,87)(H,71,84). The number of nitrogens with one attached hydrogen (secondary N) is 6. The van der Waals surface area contributed by atoms with Gasteiger partial charge in [-0.2, -0.15) is 0 Å². The van der Waals surface area contributed by atoms with Gasteiger partial charge in [-0.1, -0.05) is 45.0 Å². The van der Waals surface area contributed by atoms with Gasteiger partial charge in [-0.05, 0) is 135 Å². The average Bonchev–Trinajstić information content (AvgIpc) is 0.783. The molecule has 0 aliphatic carbocycles. The number of carbonyl (C=O) groups excluding carboxylic acids is 8. The number of phenols is 3. The van der Waals surface area contributed by atoms with Crippen molar-refractivity contribution in [2.45, 2.75) is 139 Å². The number of aryl methyl sites for hydroxylation is 2. The number of fused-ring (bicyclic) bond motifs is 15. The minimum atomic E-state index is -2.17. The highest BCUT2D eigenvalue weighted by atomic mass is 16.7. The number of aldehydes is 1. The highest BCUT2D eigenvalue weighted by Gasteiger charge is 2.47. The minimum Gasteiger partial charge on any atom is -0.508 e. The van der Waals surface area contributed by atoms with Crippen LogP contribution >= 0.6 is 0 Å². The SMILES string of the molecule is Cc1cc2ccc1Oc1cc3cc(c1OC1OC(CO)C(O)C(O)C1O)Oc1ccc(cc1C)C(O)C(NC(=O)C(CC(C)C)N(C)C)C(=O)NC(CC(N)=O)C(=O)NC3C(=O)NC1C(=O)NC(C(=O)NC(C=O)c3cc(O)c(C)c(O)c3-c3cc1ccc3O)C2C. The van der Waals surface area contributed by atoms with Gasteiger partial charge in [0.2, 0.25) is 53.4 Å². The largest absolute Gasteiger partial charge is 0.508 e. The number of nitrogens with zero attached hydrogens (tertiary/aromatic N) is 1. The number of phenolic OH excluding ortho intramolecular Hbond substituents is 3. The quantitative estimate of drug-likeness (QED) is 0.0821. The number of aromatic hydroxyl groups is 3. The maximum Gasteiger partial charge on any atom is 0.248 e. The van der Waals surface area contributed by atoms with E-state index in [-0.39, 0.29) is 61.9 Å². The molecule has 14 unspecified atom stereocenters. The first-order valence-corrected chi connectivity index (χ1v) is 29.5. The Morgan fingerprint density at radius 1 is 0.696 bits per heavy atom. The van der Waals surface area contributed by atoms with Crippen LogP contribution in [0.25, 0.3) is 11.1 Å². The topological polar surface area (TPSA) is 437 Å². The lowest BCUT2D eigenvalue weighted by molar-refractivity contribution is -0.277. The van der Waals surface area contributed by atoms with Crippen LogP contribution in [0.4, 0.5) is 0 Å². The molecule has 0 spiro atoms. The van der Waals surface area contributed by atoms with E-state index in [1.54, 1.807) is 45.8 Å². The lowest BCUT2D eigenvalue weighted by atomic mass is 9.87. The summed E-state index contributed by atoms with van der Waals surface area (Å²) in [6.45, 7) is 8.91. The molecule has 6 aliphatic rings. The van der Waals surface area contributed by atoms with Gasteiger partial charge in [0.15, 0.2) is 11.5 Å². The molecule has 490 valence electrons. The Labute approximate surface area is 527 Å². The highest BCUT2D eigenvalue weighted by Crippen LogP contribution is 2.49. The van der Waals surface area contributed by atoms with Crippen molar-refractivity contribution in [3.63, 3.8) is 0 Å². The van der Waals surface area contributed by atoms with Crippen molar-refractivity contribution in [1.29, 1.82) is 0 Å². The maximum absolute atomic E-state index is 15.9. The van der Waals surface area contributed by atoms with Gasteiger partial charge in [0, 0.05) is 22.6 Å². The summed E-state index contributed by atoms with van der Waals surface area (Å²) in [5.74, 6) is -11.9. The fourth-order valence-corrected chi connectivity index (χ4v) is 11.6. The highest BCUT2D eigenvalue weighted by molar-refractivity contribution is 6.00. The van der Waals surface area contributed by atoms with E-state index in [0.717, 1.165) is 18.2 Å². The van der Waals surface area contributed by atoms with Gasteiger partial charge < -0.3 is 102 Å². The van der Waals surface area contributed by atoms with Crippen LogP contribution < -0.4 is 51.8 Å². The van der Waals surface area contributed by atoms with Crippen LogP contribution in [0.3, 0.4) is 0 Å². The van der Waals surface area contributed by atoms with Crippen LogP contribution in [0.15, 0.2) is 72.8 Å². The summed E-state index contributed by atoms with van der Waals surface area (Å²) in [5.41, 5.74) is 5.38. The number of hydrogen-bond acceptors (Lipinski definition) is 21. The summed E-state index contributed by atoms with van der Waals surface area (Å²) in [5, 5.41) is 106. The summed E-state index contributed by atoms with van der Waals surface area (Å²) in [4.78, 5) is 118. The van der Waals surface area contributed by atoms with Gasteiger partial charge in [-0.25, -0.2) is 0 Å². The lowest BCUT2D eigenvalue weighted by Crippen LogP contribution is -2.60. The number of aliphatic hydroxyl groups is 5. The number of carbonyl (C=O) groups is 8. The Balaban J connectivity index is 1.32. The first kappa shape index (κ1) is 67.0. The van der Waals surface area contributed by atoms with Crippen LogP contribution in [0.2, 0.25) is 0 Å². The number of likely N-dealkylation sites (N-methyl/N-ethyl adjacent to an activating group) is 1. The number of amides is 7. The summed E-state index contributed by atoms with van der Waals surface area (Å²) in [6.07, 6.45) is -11.6. The fraction of sp³-hybridized carbons (Fsp3) is 0.406. The number of ether oxygens (including phenoxy) is 4. The Morgan fingerprint density at radius 2 is 1.29 bits per heavy atom. The molecular weight excluding hydrogens is 1200 g/mol. The number of aliphatic hydroxyl groups excluding tert-OH is 5. The van der Waals surface area contributed by atoms with Crippen molar-refractivity contribution in [3.8, 4) is 57.1 Å². The van der Waals surface area contributed by atoms with E-state index in [2.05, 4.69) is 31.9 Å². The maximum atomic E-state index is 15.9. The molecule has 16 N–H and O–H groups in total. The second-order valence-corrected chi connectivity index (χ2v) is 24.1. The molecule has 28 nitrogen and oxygen atoms in total. The van der Waals surface area contributed by atoms with Crippen molar-refractivity contribution in [2.24, 2.45) is 11.7 Å². The third-order valence-electron chi connectivity index (χ3n) is 16.8. The van der Waals surface area contributed by atoms with Gasteiger partial charge in [0.05, 0.1) is 19.1 Å². The van der Waals surface area contributed by atoms with Crippen LogP contribution in [0.5, 0.6) is 46.0 Å². The van der Waals surface area contributed by atoms with E-state index in [1.165, 1.54) is 55.5 Å². The Bertz CT molecular complexity index is 3750. The smallest absolute Gasteiger partial charge is 0.248 e.